The summed E-state index contributed by atoms with van der Waals surface area (Å²) in [6.07, 6.45) is 0. The van der Waals surface area contributed by atoms with Crippen LogP contribution in [-0.4, -0.2) is 13.0 Å². The Kier molecular flexibility index (Phi) is 5.49. The molecule has 1 amide bonds. The zero-order chi connectivity index (χ0) is 18.4. The molecule has 1 N–H and O–H groups in total. The number of carbonyl (C=O) groups excluding carboxylic acids is 1. The molecule has 132 valence electrons. The molecule has 0 aliphatic heterocycles. The van der Waals surface area contributed by atoms with E-state index < -0.39 is 0 Å². The molecule has 3 aromatic carbocycles. The summed E-state index contributed by atoms with van der Waals surface area (Å²) < 4.78 is 23.6. The van der Waals surface area contributed by atoms with Crippen molar-refractivity contribution in [2.45, 2.75) is 6.54 Å². The Bertz CT molecular complexity index is 859. The van der Waals surface area contributed by atoms with Crippen molar-refractivity contribution < 1.29 is 18.7 Å². The summed E-state index contributed by atoms with van der Waals surface area (Å²) in [7, 11) is 1.61. The topological polar surface area (TPSA) is 47.6 Å². The number of rotatable bonds is 6. The third-order valence-electron chi connectivity index (χ3n) is 3.78. The molecule has 0 unspecified atom stereocenters. The largest absolute Gasteiger partial charge is 0.497 e. The summed E-state index contributed by atoms with van der Waals surface area (Å²) in [4.78, 5) is 12.2. The lowest BCUT2D eigenvalue weighted by Crippen LogP contribution is -2.22. The van der Waals surface area contributed by atoms with Crippen molar-refractivity contribution in [1.82, 2.24) is 5.32 Å². The van der Waals surface area contributed by atoms with Gasteiger partial charge in [0.2, 0.25) is 0 Å². The number of hydrogen-bond donors (Lipinski definition) is 1. The molecular formula is C21H18FNO3. The summed E-state index contributed by atoms with van der Waals surface area (Å²) in [5, 5.41) is 2.87. The highest BCUT2D eigenvalue weighted by molar-refractivity contribution is 5.94. The zero-order valence-corrected chi connectivity index (χ0v) is 14.2. The molecule has 0 radical (unpaired) electrons. The lowest BCUT2D eigenvalue weighted by Gasteiger charge is -2.08. The van der Waals surface area contributed by atoms with Crippen molar-refractivity contribution in [2.24, 2.45) is 0 Å². The SMILES string of the molecule is COc1ccc(CNC(=O)c2ccc(Oc3ccc(F)cc3)cc2)cc1. The van der Waals surface area contributed by atoms with E-state index in [0.29, 0.717) is 23.6 Å². The zero-order valence-electron chi connectivity index (χ0n) is 14.2. The van der Waals surface area contributed by atoms with Crippen LogP contribution in [0.25, 0.3) is 0 Å². The highest BCUT2D eigenvalue weighted by atomic mass is 19.1. The fourth-order valence-corrected chi connectivity index (χ4v) is 2.34. The molecule has 0 saturated carbocycles. The Balaban J connectivity index is 1.56. The van der Waals surface area contributed by atoms with Gasteiger partial charge in [0.15, 0.2) is 0 Å². The van der Waals surface area contributed by atoms with Crippen LogP contribution in [0.3, 0.4) is 0 Å². The molecule has 0 fully saturated rings. The van der Waals surface area contributed by atoms with E-state index in [0.717, 1.165) is 11.3 Å². The van der Waals surface area contributed by atoms with Crippen molar-refractivity contribution in [1.29, 1.82) is 0 Å². The summed E-state index contributed by atoms with van der Waals surface area (Å²) in [5.41, 5.74) is 1.51. The molecule has 3 aromatic rings. The molecule has 0 atom stereocenters. The molecular weight excluding hydrogens is 333 g/mol. The maximum absolute atomic E-state index is 12.9. The van der Waals surface area contributed by atoms with Gasteiger partial charge in [-0.15, -0.1) is 0 Å². The maximum Gasteiger partial charge on any atom is 0.251 e. The smallest absolute Gasteiger partial charge is 0.251 e. The van der Waals surface area contributed by atoms with Gasteiger partial charge in [0.05, 0.1) is 7.11 Å². The summed E-state index contributed by atoms with van der Waals surface area (Å²) >= 11 is 0. The number of nitrogens with one attached hydrogen (secondary N) is 1. The van der Waals surface area contributed by atoms with Gasteiger partial charge in [-0.25, -0.2) is 4.39 Å². The molecule has 26 heavy (non-hydrogen) atoms. The van der Waals surface area contributed by atoms with Gasteiger partial charge in [-0.1, -0.05) is 12.1 Å². The van der Waals surface area contributed by atoms with E-state index in [2.05, 4.69) is 5.32 Å². The molecule has 0 aliphatic carbocycles. The first-order valence-corrected chi connectivity index (χ1v) is 8.08. The van der Waals surface area contributed by atoms with Crippen LogP contribution in [0.15, 0.2) is 72.8 Å². The lowest BCUT2D eigenvalue weighted by molar-refractivity contribution is 0.0951. The second kappa shape index (κ2) is 8.16. The van der Waals surface area contributed by atoms with E-state index in [1.54, 1.807) is 43.5 Å². The van der Waals surface area contributed by atoms with E-state index in [4.69, 9.17) is 9.47 Å². The number of benzene rings is 3. The molecule has 0 bridgehead atoms. The number of ether oxygens (including phenoxy) is 2. The second-order valence-electron chi connectivity index (χ2n) is 5.61. The molecule has 4 nitrogen and oxygen atoms in total. The average molecular weight is 351 g/mol. The minimum atomic E-state index is -0.318. The standard InChI is InChI=1S/C21H18FNO3/c1-25-18-8-2-15(3-9-18)14-23-21(24)16-4-10-19(11-5-16)26-20-12-6-17(22)7-13-20/h2-13H,14H2,1H3,(H,23,24). The monoisotopic (exact) mass is 351 g/mol. The maximum atomic E-state index is 12.9. The first-order valence-electron chi connectivity index (χ1n) is 8.08. The van der Waals surface area contributed by atoms with Crippen molar-refractivity contribution in [3.05, 3.63) is 89.7 Å². The molecule has 0 saturated heterocycles. The van der Waals surface area contributed by atoms with Crippen LogP contribution in [0.4, 0.5) is 4.39 Å². The third kappa shape index (κ3) is 4.60. The van der Waals surface area contributed by atoms with Crippen LogP contribution >= 0.6 is 0 Å². The Morgan fingerprint density at radius 3 is 1.96 bits per heavy atom. The number of hydrogen-bond acceptors (Lipinski definition) is 3. The Morgan fingerprint density at radius 1 is 0.846 bits per heavy atom. The predicted molar refractivity (Wildman–Crippen MR) is 97.1 cm³/mol. The van der Waals surface area contributed by atoms with Gasteiger partial charge in [0.1, 0.15) is 23.1 Å². The van der Waals surface area contributed by atoms with Gasteiger partial charge in [0.25, 0.3) is 5.91 Å². The Labute approximate surface area is 151 Å². The Hall–Kier alpha value is -3.34. The molecule has 5 heteroatoms. The highest BCUT2D eigenvalue weighted by Gasteiger charge is 2.06. The first kappa shape index (κ1) is 17.5. The van der Waals surface area contributed by atoms with Crippen LogP contribution in [-0.2, 0) is 6.54 Å². The van der Waals surface area contributed by atoms with Crippen molar-refractivity contribution in [3.8, 4) is 17.2 Å². The van der Waals surface area contributed by atoms with E-state index in [1.807, 2.05) is 24.3 Å². The number of amides is 1. The second-order valence-corrected chi connectivity index (χ2v) is 5.61. The van der Waals surface area contributed by atoms with Gasteiger partial charge in [0, 0.05) is 12.1 Å². The van der Waals surface area contributed by atoms with Gasteiger partial charge in [-0.3, -0.25) is 4.79 Å². The molecule has 0 spiro atoms. The summed E-state index contributed by atoms with van der Waals surface area (Å²) in [5.74, 6) is 1.39. The highest BCUT2D eigenvalue weighted by Crippen LogP contribution is 2.22. The van der Waals surface area contributed by atoms with Crippen LogP contribution in [0.5, 0.6) is 17.2 Å². The molecule has 0 aromatic heterocycles. The van der Waals surface area contributed by atoms with Crippen molar-refractivity contribution in [2.75, 3.05) is 7.11 Å². The fraction of sp³-hybridized carbons (Fsp3) is 0.0952. The van der Waals surface area contributed by atoms with Crippen LogP contribution in [0.1, 0.15) is 15.9 Å². The van der Waals surface area contributed by atoms with Gasteiger partial charge in [-0.2, -0.15) is 0 Å². The van der Waals surface area contributed by atoms with E-state index in [9.17, 15) is 9.18 Å². The van der Waals surface area contributed by atoms with Gasteiger partial charge in [-0.05, 0) is 66.2 Å². The Morgan fingerprint density at radius 2 is 1.38 bits per heavy atom. The minimum Gasteiger partial charge on any atom is -0.497 e. The molecule has 0 aliphatic rings. The molecule has 3 rings (SSSR count). The predicted octanol–water partition coefficient (Wildman–Crippen LogP) is 4.56. The number of carbonyl (C=O) groups is 1. The minimum absolute atomic E-state index is 0.172. The number of halogens is 1. The van der Waals surface area contributed by atoms with Crippen molar-refractivity contribution >= 4 is 5.91 Å². The molecule has 0 heterocycles. The first-order chi connectivity index (χ1) is 12.6. The van der Waals surface area contributed by atoms with E-state index in [-0.39, 0.29) is 11.7 Å². The van der Waals surface area contributed by atoms with Crippen LogP contribution in [0, 0.1) is 5.82 Å². The summed E-state index contributed by atoms with van der Waals surface area (Å²) in [6, 6.07) is 20.0. The van der Waals surface area contributed by atoms with Gasteiger partial charge < -0.3 is 14.8 Å². The van der Waals surface area contributed by atoms with Crippen LogP contribution in [0.2, 0.25) is 0 Å². The van der Waals surface area contributed by atoms with Crippen molar-refractivity contribution in [3.63, 3.8) is 0 Å². The van der Waals surface area contributed by atoms with Gasteiger partial charge >= 0.3 is 0 Å². The normalized spacial score (nSPS) is 10.2. The third-order valence-corrected chi connectivity index (χ3v) is 3.78. The number of methoxy groups -OCH3 is 1. The van der Waals surface area contributed by atoms with E-state index >= 15 is 0 Å². The summed E-state index contributed by atoms with van der Waals surface area (Å²) in [6.45, 7) is 0.427. The average Bonchev–Trinajstić information content (AvgIpc) is 2.69. The van der Waals surface area contributed by atoms with Crippen LogP contribution < -0.4 is 14.8 Å². The lowest BCUT2D eigenvalue weighted by atomic mass is 10.2. The fourth-order valence-electron chi connectivity index (χ4n) is 2.34. The quantitative estimate of drug-likeness (QED) is 0.708. The van der Waals surface area contributed by atoms with E-state index in [1.165, 1.54) is 12.1 Å².